The number of halogens is 2. The van der Waals surface area contributed by atoms with Crippen LogP contribution in [0.25, 0.3) is 11.4 Å². The van der Waals surface area contributed by atoms with Crippen molar-refractivity contribution in [1.29, 1.82) is 0 Å². The summed E-state index contributed by atoms with van der Waals surface area (Å²) in [6.45, 7) is -0.742. The number of anilines is 1. The van der Waals surface area contributed by atoms with Gasteiger partial charge in [0.15, 0.2) is 0 Å². The minimum atomic E-state index is -2.66. The van der Waals surface area contributed by atoms with Crippen LogP contribution in [0.15, 0.2) is 36.7 Å². The molecule has 0 unspecified atom stereocenters. The van der Waals surface area contributed by atoms with Gasteiger partial charge in [0.1, 0.15) is 5.82 Å². The molecule has 0 bridgehead atoms. The van der Waals surface area contributed by atoms with E-state index >= 15 is 0 Å². The van der Waals surface area contributed by atoms with E-state index < -0.39 is 6.55 Å². The highest BCUT2D eigenvalue weighted by Crippen LogP contribution is 2.24. The molecule has 130 valence electrons. The Hall–Kier alpha value is -2.48. The van der Waals surface area contributed by atoms with Crippen LogP contribution in [-0.4, -0.2) is 33.3 Å². The number of aliphatic hydroxyl groups excluding tert-OH is 1. The van der Waals surface area contributed by atoms with Crippen LogP contribution in [-0.2, 0) is 0 Å². The number of carbonyl (C=O) groups is 1. The SMILES string of the molecule is CC[C@H](CCO)NC(=O)Nc1ccc(-c2nccn2C(F)F)cc1. The van der Waals surface area contributed by atoms with Crippen molar-refractivity contribution in [2.75, 3.05) is 11.9 Å². The number of amides is 2. The minimum Gasteiger partial charge on any atom is -0.396 e. The first-order valence-electron chi connectivity index (χ1n) is 7.65. The van der Waals surface area contributed by atoms with Gasteiger partial charge in [-0.05, 0) is 37.1 Å². The summed E-state index contributed by atoms with van der Waals surface area (Å²) in [6, 6.07) is 5.98. The molecular formula is C16H20F2N4O2. The zero-order valence-corrected chi connectivity index (χ0v) is 13.2. The molecule has 2 aromatic rings. The Bertz CT molecular complexity index is 658. The maximum absolute atomic E-state index is 12.9. The second-order valence-electron chi connectivity index (χ2n) is 5.23. The summed E-state index contributed by atoms with van der Waals surface area (Å²) < 4.78 is 26.5. The summed E-state index contributed by atoms with van der Waals surface area (Å²) in [5.41, 5.74) is 1.06. The number of aromatic nitrogens is 2. The van der Waals surface area contributed by atoms with Gasteiger partial charge in [-0.15, -0.1) is 0 Å². The van der Waals surface area contributed by atoms with Crippen molar-refractivity contribution in [3.63, 3.8) is 0 Å². The Morgan fingerprint density at radius 3 is 2.62 bits per heavy atom. The average Bonchev–Trinajstić information content (AvgIpc) is 3.05. The van der Waals surface area contributed by atoms with Gasteiger partial charge in [0.25, 0.3) is 0 Å². The first kappa shape index (κ1) is 17.9. The molecule has 0 fully saturated rings. The molecule has 0 aliphatic rings. The number of hydrogen-bond acceptors (Lipinski definition) is 3. The lowest BCUT2D eigenvalue weighted by molar-refractivity contribution is 0.0720. The number of aliphatic hydroxyl groups is 1. The molecular weight excluding hydrogens is 318 g/mol. The molecule has 2 rings (SSSR count). The second-order valence-corrected chi connectivity index (χ2v) is 5.23. The molecule has 0 radical (unpaired) electrons. The highest BCUT2D eigenvalue weighted by Gasteiger charge is 2.13. The van der Waals surface area contributed by atoms with E-state index in [9.17, 15) is 13.6 Å². The molecule has 8 heteroatoms. The van der Waals surface area contributed by atoms with Crippen molar-refractivity contribution < 1.29 is 18.7 Å². The Morgan fingerprint density at radius 2 is 2.04 bits per heavy atom. The van der Waals surface area contributed by atoms with Crippen molar-refractivity contribution in [3.8, 4) is 11.4 Å². The molecule has 6 nitrogen and oxygen atoms in total. The van der Waals surface area contributed by atoms with E-state index in [1.165, 1.54) is 12.4 Å². The maximum Gasteiger partial charge on any atom is 0.320 e. The van der Waals surface area contributed by atoms with Gasteiger partial charge in [-0.25, -0.2) is 9.78 Å². The van der Waals surface area contributed by atoms with Crippen LogP contribution in [0.1, 0.15) is 26.3 Å². The number of urea groups is 1. The van der Waals surface area contributed by atoms with Crippen molar-refractivity contribution in [1.82, 2.24) is 14.9 Å². The smallest absolute Gasteiger partial charge is 0.320 e. The van der Waals surface area contributed by atoms with E-state index in [0.717, 1.165) is 4.57 Å². The molecule has 24 heavy (non-hydrogen) atoms. The normalized spacial score (nSPS) is 12.2. The lowest BCUT2D eigenvalue weighted by Gasteiger charge is -2.16. The number of imidazole rings is 1. The van der Waals surface area contributed by atoms with Gasteiger partial charge < -0.3 is 15.7 Å². The number of benzene rings is 1. The van der Waals surface area contributed by atoms with Crippen LogP contribution in [0, 0.1) is 0 Å². The van der Waals surface area contributed by atoms with E-state index in [1.807, 2.05) is 6.92 Å². The van der Waals surface area contributed by atoms with E-state index in [2.05, 4.69) is 15.6 Å². The standard InChI is InChI=1S/C16H20F2N4O2/c1-2-12(7-10-23)20-16(24)21-13-5-3-11(4-6-13)14-19-8-9-22(14)15(17)18/h3-6,8-9,12,15,23H,2,7,10H2,1H3,(H2,20,21,24)/t12-/m1/s1. The van der Waals surface area contributed by atoms with Crippen LogP contribution >= 0.6 is 0 Å². The fourth-order valence-corrected chi connectivity index (χ4v) is 2.28. The first-order valence-corrected chi connectivity index (χ1v) is 7.65. The fourth-order valence-electron chi connectivity index (χ4n) is 2.28. The van der Waals surface area contributed by atoms with Gasteiger partial charge in [-0.2, -0.15) is 8.78 Å². The molecule has 1 aromatic carbocycles. The molecule has 0 aliphatic heterocycles. The number of hydrogen-bond donors (Lipinski definition) is 3. The van der Waals surface area contributed by atoms with Gasteiger partial charge in [0.2, 0.25) is 0 Å². The Labute approximate surface area is 138 Å². The topological polar surface area (TPSA) is 79.2 Å². The quantitative estimate of drug-likeness (QED) is 0.725. The van der Waals surface area contributed by atoms with Crippen LogP contribution in [0.2, 0.25) is 0 Å². The van der Waals surface area contributed by atoms with Crippen molar-refractivity contribution in [3.05, 3.63) is 36.7 Å². The van der Waals surface area contributed by atoms with Crippen LogP contribution in [0.5, 0.6) is 0 Å². The fraction of sp³-hybridized carbons (Fsp3) is 0.375. The zero-order chi connectivity index (χ0) is 17.5. The van der Waals surface area contributed by atoms with Crippen molar-refractivity contribution >= 4 is 11.7 Å². The molecule has 0 saturated carbocycles. The predicted molar refractivity (Wildman–Crippen MR) is 86.9 cm³/mol. The van der Waals surface area contributed by atoms with Gasteiger partial charge in [0.05, 0.1) is 0 Å². The third-order valence-electron chi connectivity index (χ3n) is 3.59. The van der Waals surface area contributed by atoms with Gasteiger partial charge in [-0.1, -0.05) is 6.92 Å². The molecule has 0 aliphatic carbocycles. The lowest BCUT2D eigenvalue weighted by Crippen LogP contribution is -2.38. The number of rotatable bonds is 7. The zero-order valence-electron chi connectivity index (χ0n) is 13.2. The van der Waals surface area contributed by atoms with Crippen LogP contribution in [0.3, 0.4) is 0 Å². The molecule has 1 aromatic heterocycles. The number of carbonyl (C=O) groups excluding carboxylic acids is 1. The third kappa shape index (κ3) is 4.51. The minimum absolute atomic E-state index is 0.00423. The van der Waals surface area contributed by atoms with E-state index in [0.29, 0.717) is 24.1 Å². The Balaban J connectivity index is 2.02. The second kappa shape index (κ2) is 8.39. The number of nitrogens with one attached hydrogen (secondary N) is 2. The molecule has 0 spiro atoms. The van der Waals surface area contributed by atoms with Crippen LogP contribution < -0.4 is 10.6 Å². The summed E-state index contributed by atoms with van der Waals surface area (Å²) in [4.78, 5) is 15.8. The summed E-state index contributed by atoms with van der Waals surface area (Å²) in [7, 11) is 0. The maximum atomic E-state index is 12.9. The van der Waals surface area contributed by atoms with Crippen molar-refractivity contribution in [2.24, 2.45) is 0 Å². The number of alkyl halides is 2. The van der Waals surface area contributed by atoms with Gasteiger partial charge >= 0.3 is 12.6 Å². The van der Waals surface area contributed by atoms with Crippen LogP contribution in [0.4, 0.5) is 19.3 Å². The number of nitrogens with zero attached hydrogens (tertiary/aromatic N) is 2. The lowest BCUT2D eigenvalue weighted by atomic mass is 10.1. The summed E-state index contributed by atoms with van der Waals surface area (Å²) in [5, 5.41) is 14.3. The summed E-state index contributed by atoms with van der Waals surface area (Å²) in [5.74, 6) is 0.162. The predicted octanol–water partition coefficient (Wildman–Crippen LogP) is 3.23. The first-order chi connectivity index (χ1) is 11.5. The average molecular weight is 338 g/mol. The molecule has 1 heterocycles. The molecule has 1 atom stereocenters. The van der Waals surface area contributed by atoms with Gasteiger partial charge in [-0.3, -0.25) is 4.57 Å². The highest BCUT2D eigenvalue weighted by molar-refractivity contribution is 5.89. The Kier molecular flexibility index (Phi) is 6.25. The van der Waals surface area contributed by atoms with Crippen molar-refractivity contribution in [2.45, 2.75) is 32.4 Å². The molecule has 0 saturated heterocycles. The highest BCUT2D eigenvalue weighted by atomic mass is 19.3. The monoisotopic (exact) mass is 338 g/mol. The molecule has 3 N–H and O–H groups in total. The van der Waals surface area contributed by atoms with Gasteiger partial charge in [0, 0.05) is 36.3 Å². The third-order valence-corrected chi connectivity index (χ3v) is 3.59. The Morgan fingerprint density at radius 1 is 1.33 bits per heavy atom. The van der Waals surface area contributed by atoms with E-state index in [4.69, 9.17) is 5.11 Å². The summed E-state index contributed by atoms with van der Waals surface area (Å²) in [6.07, 6.45) is 3.72. The molecule has 2 amide bonds. The largest absolute Gasteiger partial charge is 0.396 e. The van der Waals surface area contributed by atoms with E-state index in [1.54, 1.807) is 24.3 Å². The van der Waals surface area contributed by atoms with E-state index in [-0.39, 0.29) is 24.5 Å². The summed E-state index contributed by atoms with van der Waals surface area (Å²) >= 11 is 0.